The Hall–Kier alpha value is -1.13. The van der Waals surface area contributed by atoms with Gasteiger partial charge in [0.1, 0.15) is 0 Å². The summed E-state index contributed by atoms with van der Waals surface area (Å²) in [6.07, 6.45) is 4.61. The van der Waals surface area contributed by atoms with E-state index in [9.17, 15) is 4.79 Å². The minimum Gasteiger partial charge on any atom is -0.334 e. The Morgan fingerprint density at radius 1 is 1.65 bits per heavy atom. The van der Waals surface area contributed by atoms with Gasteiger partial charge in [0.05, 0.1) is 6.04 Å². The van der Waals surface area contributed by atoms with Crippen LogP contribution >= 0.6 is 11.3 Å². The Labute approximate surface area is 106 Å². The Morgan fingerprint density at radius 3 is 3.00 bits per heavy atom. The first-order valence-electron chi connectivity index (χ1n) is 6.04. The number of rotatable bonds is 5. The molecule has 1 aliphatic heterocycles. The molecule has 0 spiro atoms. The fourth-order valence-electron chi connectivity index (χ4n) is 1.84. The molecule has 0 aromatic carbocycles. The molecule has 17 heavy (non-hydrogen) atoms. The molecular weight excluding hydrogens is 232 g/mol. The maximum absolute atomic E-state index is 12.1. The van der Waals surface area contributed by atoms with E-state index >= 15 is 0 Å². The van der Waals surface area contributed by atoms with Gasteiger partial charge in [-0.05, 0) is 23.9 Å². The molecule has 1 saturated heterocycles. The van der Waals surface area contributed by atoms with E-state index in [2.05, 4.69) is 12.2 Å². The molecule has 2 heterocycles. The van der Waals surface area contributed by atoms with Gasteiger partial charge in [-0.25, -0.2) is 0 Å². The monoisotopic (exact) mass is 250 g/mol. The van der Waals surface area contributed by atoms with Crippen LogP contribution in [0.15, 0.2) is 23.6 Å². The van der Waals surface area contributed by atoms with Crippen LogP contribution in [0.4, 0.5) is 0 Å². The molecular formula is C13H18N2OS. The number of carbonyl (C=O) groups is 1. The molecule has 0 aliphatic carbocycles. The minimum absolute atomic E-state index is 0.131. The van der Waals surface area contributed by atoms with Crippen molar-refractivity contribution in [2.45, 2.75) is 19.4 Å². The molecule has 92 valence electrons. The molecule has 0 radical (unpaired) electrons. The van der Waals surface area contributed by atoms with Crippen LogP contribution in [0.25, 0.3) is 6.08 Å². The summed E-state index contributed by atoms with van der Waals surface area (Å²) in [5, 5.41) is 5.23. The van der Waals surface area contributed by atoms with E-state index in [0.717, 1.165) is 30.9 Å². The topological polar surface area (TPSA) is 32.3 Å². The highest BCUT2D eigenvalue weighted by Gasteiger charge is 2.26. The first kappa shape index (κ1) is 12.3. The summed E-state index contributed by atoms with van der Waals surface area (Å²) in [5.74, 6) is 0.131. The van der Waals surface area contributed by atoms with E-state index < -0.39 is 0 Å². The second-order valence-electron chi connectivity index (χ2n) is 4.19. The summed E-state index contributed by atoms with van der Waals surface area (Å²) in [7, 11) is 0. The number of hydrogen-bond acceptors (Lipinski definition) is 3. The first-order valence-corrected chi connectivity index (χ1v) is 6.92. The molecule has 2 rings (SSSR count). The Bertz CT molecular complexity index is 382. The molecule has 0 bridgehead atoms. The van der Waals surface area contributed by atoms with Gasteiger partial charge in [0.25, 0.3) is 0 Å². The van der Waals surface area contributed by atoms with Crippen LogP contribution in [0.5, 0.6) is 0 Å². The summed E-state index contributed by atoms with van der Waals surface area (Å²) in [4.78, 5) is 15.2. The quantitative estimate of drug-likeness (QED) is 0.810. The van der Waals surface area contributed by atoms with Gasteiger partial charge in [0.2, 0.25) is 5.91 Å². The van der Waals surface area contributed by atoms with Gasteiger partial charge in [-0.1, -0.05) is 13.0 Å². The number of carbonyl (C=O) groups excluding carboxylic acids is 1. The molecule has 0 unspecified atom stereocenters. The lowest BCUT2D eigenvalue weighted by molar-refractivity contribution is -0.129. The number of thiophene rings is 1. The fourth-order valence-corrected chi connectivity index (χ4v) is 2.46. The highest BCUT2D eigenvalue weighted by atomic mass is 32.1. The number of nitrogens with zero attached hydrogens (tertiary/aromatic N) is 1. The Balaban J connectivity index is 1.96. The van der Waals surface area contributed by atoms with Gasteiger partial charge >= 0.3 is 0 Å². The van der Waals surface area contributed by atoms with Crippen LogP contribution in [0.3, 0.4) is 0 Å². The average molecular weight is 250 g/mol. The molecule has 1 aromatic heterocycles. The van der Waals surface area contributed by atoms with Crippen molar-refractivity contribution in [2.75, 3.05) is 19.6 Å². The van der Waals surface area contributed by atoms with E-state index in [1.165, 1.54) is 0 Å². The molecule has 1 N–H and O–H groups in total. The summed E-state index contributed by atoms with van der Waals surface area (Å²) >= 11 is 1.65. The largest absolute Gasteiger partial charge is 0.334 e. The molecule has 4 heteroatoms. The van der Waals surface area contributed by atoms with Crippen molar-refractivity contribution in [1.82, 2.24) is 10.2 Å². The number of amides is 1. The molecule has 1 aromatic rings. The van der Waals surface area contributed by atoms with Crippen LogP contribution in [0.2, 0.25) is 0 Å². The molecule has 0 saturated carbocycles. The summed E-state index contributed by atoms with van der Waals surface area (Å²) in [5.41, 5.74) is 0. The van der Waals surface area contributed by atoms with Gasteiger partial charge in [-0.15, -0.1) is 11.3 Å². The maximum Gasteiger partial charge on any atom is 0.246 e. The van der Waals surface area contributed by atoms with Gasteiger partial charge in [-0.2, -0.15) is 0 Å². The lowest BCUT2D eigenvalue weighted by Gasteiger charge is -2.37. The molecule has 0 atom stereocenters. The SMILES string of the molecule is CCCN(C(=O)C=Cc1cccs1)C1CNC1. The zero-order chi connectivity index (χ0) is 12.1. The van der Waals surface area contributed by atoms with Crippen molar-refractivity contribution in [3.63, 3.8) is 0 Å². The third-order valence-corrected chi connectivity index (χ3v) is 3.72. The average Bonchev–Trinajstić information content (AvgIpc) is 2.75. The number of nitrogens with one attached hydrogen (secondary N) is 1. The predicted molar refractivity (Wildman–Crippen MR) is 72.0 cm³/mol. The highest BCUT2D eigenvalue weighted by Crippen LogP contribution is 2.12. The zero-order valence-corrected chi connectivity index (χ0v) is 10.9. The predicted octanol–water partition coefficient (Wildman–Crippen LogP) is 1.97. The normalized spacial score (nSPS) is 16.1. The standard InChI is InChI=1S/C13H18N2OS/c1-2-7-15(11-9-14-10-11)13(16)6-5-12-4-3-8-17-12/h3-6,8,11,14H,2,7,9-10H2,1H3. The van der Waals surface area contributed by atoms with E-state index in [1.807, 2.05) is 28.5 Å². The Morgan fingerprint density at radius 2 is 2.47 bits per heavy atom. The maximum atomic E-state index is 12.1. The third-order valence-electron chi connectivity index (χ3n) is 2.88. The molecule has 1 fully saturated rings. The second-order valence-corrected chi connectivity index (χ2v) is 5.17. The summed E-state index contributed by atoms with van der Waals surface area (Å²) in [6.45, 7) is 4.81. The van der Waals surface area contributed by atoms with Crippen molar-refractivity contribution < 1.29 is 4.79 Å². The van der Waals surface area contributed by atoms with Gasteiger partial charge in [0, 0.05) is 30.6 Å². The van der Waals surface area contributed by atoms with Gasteiger partial charge in [0.15, 0.2) is 0 Å². The zero-order valence-electron chi connectivity index (χ0n) is 10.1. The van der Waals surface area contributed by atoms with E-state index in [1.54, 1.807) is 17.4 Å². The van der Waals surface area contributed by atoms with E-state index in [-0.39, 0.29) is 5.91 Å². The van der Waals surface area contributed by atoms with Crippen LogP contribution in [0, 0.1) is 0 Å². The summed E-state index contributed by atoms with van der Waals surface area (Å²) < 4.78 is 0. The minimum atomic E-state index is 0.131. The van der Waals surface area contributed by atoms with Crippen LogP contribution < -0.4 is 5.32 Å². The molecule has 3 nitrogen and oxygen atoms in total. The number of hydrogen-bond donors (Lipinski definition) is 1. The van der Waals surface area contributed by atoms with Crippen molar-refractivity contribution >= 4 is 23.3 Å². The summed E-state index contributed by atoms with van der Waals surface area (Å²) in [6, 6.07) is 4.40. The van der Waals surface area contributed by atoms with Crippen LogP contribution in [-0.2, 0) is 4.79 Å². The Kier molecular flexibility index (Phi) is 4.34. The molecule has 1 amide bonds. The van der Waals surface area contributed by atoms with Crippen molar-refractivity contribution in [2.24, 2.45) is 0 Å². The fraction of sp³-hybridized carbons (Fsp3) is 0.462. The van der Waals surface area contributed by atoms with E-state index in [0.29, 0.717) is 6.04 Å². The van der Waals surface area contributed by atoms with Gasteiger partial charge < -0.3 is 10.2 Å². The lowest BCUT2D eigenvalue weighted by Crippen LogP contribution is -2.58. The smallest absolute Gasteiger partial charge is 0.246 e. The molecule has 1 aliphatic rings. The highest BCUT2D eigenvalue weighted by molar-refractivity contribution is 7.10. The van der Waals surface area contributed by atoms with Gasteiger partial charge in [-0.3, -0.25) is 4.79 Å². The van der Waals surface area contributed by atoms with Crippen LogP contribution in [-0.4, -0.2) is 36.5 Å². The van der Waals surface area contributed by atoms with Crippen molar-refractivity contribution in [3.05, 3.63) is 28.5 Å². The van der Waals surface area contributed by atoms with Crippen molar-refractivity contribution in [3.8, 4) is 0 Å². The van der Waals surface area contributed by atoms with Crippen LogP contribution in [0.1, 0.15) is 18.2 Å². The lowest BCUT2D eigenvalue weighted by atomic mass is 10.1. The van der Waals surface area contributed by atoms with Crippen molar-refractivity contribution in [1.29, 1.82) is 0 Å². The second kappa shape index (κ2) is 5.98. The van der Waals surface area contributed by atoms with E-state index in [4.69, 9.17) is 0 Å². The third kappa shape index (κ3) is 3.17. The first-order chi connectivity index (χ1) is 8.31.